The summed E-state index contributed by atoms with van der Waals surface area (Å²) >= 11 is 0. The van der Waals surface area contributed by atoms with Crippen molar-refractivity contribution in [3.63, 3.8) is 0 Å². The number of anilines is 1. The van der Waals surface area contributed by atoms with Gasteiger partial charge in [-0.1, -0.05) is 17.7 Å². The summed E-state index contributed by atoms with van der Waals surface area (Å²) in [6.45, 7) is 4.78. The molecule has 80 valence electrons. The van der Waals surface area contributed by atoms with Gasteiger partial charge in [-0.3, -0.25) is 0 Å². The van der Waals surface area contributed by atoms with Crippen LogP contribution in [0.15, 0.2) is 18.2 Å². The lowest BCUT2D eigenvalue weighted by Gasteiger charge is -2.29. The average Bonchev–Trinajstić information content (AvgIpc) is 2.56. The Balaban J connectivity index is 1.98. The Bertz CT molecular complexity index is 386. The summed E-state index contributed by atoms with van der Waals surface area (Å²) in [4.78, 5) is 1.67. The number of hydrogen-bond donors (Lipinski definition) is 2. The van der Waals surface area contributed by atoms with Crippen LogP contribution in [0.25, 0.3) is 0 Å². The van der Waals surface area contributed by atoms with Crippen molar-refractivity contribution < 1.29 is 4.90 Å². The number of nitrogens with one attached hydrogen (secondary N) is 2. The molecule has 0 aliphatic carbocycles. The minimum absolute atomic E-state index is 0.700. The molecule has 1 aromatic carbocycles. The number of likely N-dealkylation sites (N-methyl/N-ethyl adjacent to an activating group) is 1. The second kappa shape index (κ2) is 3.24. The molecule has 0 saturated carbocycles. The van der Waals surface area contributed by atoms with E-state index in [1.807, 2.05) is 0 Å². The highest BCUT2D eigenvalue weighted by molar-refractivity contribution is 5.60. The summed E-state index contributed by atoms with van der Waals surface area (Å²) < 4.78 is 0. The molecule has 2 nitrogen and oxygen atoms in total. The standard InChI is InChI=1S/C13H18N2/c1-9-3-4-12-10(7-9)11-8-15(2)6-5-13(11)14-12/h3-4,7,11,13-14H,5-6,8H2,1-2H3/p+1/t11-,13+/m0/s1. The molecule has 3 rings (SSSR count). The molecule has 0 bridgehead atoms. The molecule has 1 aromatic rings. The Morgan fingerprint density at radius 3 is 3.13 bits per heavy atom. The van der Waals surface area contributed by atoms with E-state index >= 15 is 0 Å². The SMILES string of the molecule is Cc1ccc2c(c1)[C@@H]1C[NH+](C)CC[C@H]1N2. The monoisotopic (exact) mass is 203 g/mol. The van der Waals surface area contributed by atoms with Crippen LogP contribution in [0.5, 0.6) is 0 Å². The molecular weight excluding hydrogens is 184 g/mol. The van der Waals surface area contributed by atoms with Crippen LogP contribution in [-0.4, -0.2) is 26.2 Å². The van der Waals surface area contributed by atoms with E-state index < -0.39 is 0 Å². The maximum atomic E-state index is 3.67. The zero-order chi connectivity index (χ0) is 10.4. The third-order valence-electron chi connectivity index (χ3n) is 3.88. The van der Waals surface area contributed by atoms with Crippen LogP contribution in [0.2, 0.25) is 0 Å². The number of quaternary nitrogens is 1. The van der Waals surface area contributed by atoms with Gasteiger partial charge in [0, 0.05) is 18.2 Å². The summed E-state index contributed by atoms with van der Waals surface area (Å²) in [6.07, 6.45) is 1.31. The number of benzene rings is 1. The van der Waals surface area contributed by atoms with Crippen LogP contribution >= 0.6 is 0 Å². The zero-order valence-corrected chi connectivity index (χ0v) is 9.51. The average molecular weight is 203 g/mol. The minimum atomic E-state index is 0.700. The van der Waals surface area contributed by atoms with Gasteiger partial charge in [0.05, 0.1) is 26.1 Å². The summed E-state index contributed by atoms with van der Waals surface area (Å²) in [7, 11) is 2.31. The largest absolute Gasteiger partial charge is 0.381 e. The van der Waals surface area contributed by atoms with Crippen molar-refractivity contribution in [2.24, 2.45) is 0 Å². The summed E-state index contributed by atoms with van der Waals surface area (Å²) in [5, 5.41) is 3.67. The summed E-state index contributed by atoms with van der Waals surface area (Å²) in [5.74, 6) is 0.744. The van der Waals surface area contributed by atoms with Crippen LogP contribution < -0.4 is 10.2 Å². The van der Waals surface area contributed by atoms with E-state index in [0.717, 1.165) is 5.92 Å². The normalized spacial score (nSPS) is 33.1. The quantitative estimate of drug-likeness (QED) is 0.637. The maximum Gasteiger partial charge on any atom is 0.0859 e. The van der Waals surface area contributed by atoms with Crippen molar-refractivity contribution in [1.82, 2.24) is 0 Å². The molecule has 1 saturated heterocycles. The van der Waals surface area contributed by atoms with Gasteiger partial charge in [0.25, 0.3) is 0 Å². The fraction of sp³-hybridized carbons (Fsp3) is 0.538. The van der Waals surface area contributed by atoms with Crippen LogP contribution in [0.4, 0.5) is 5.69 Å². The van der Waals surface area contributed by atoms with Gasteiger partial charge in [0.2, 0.25) is 0 Å². The second-order valence-electron chi connectivity index (χ2n) is 5.15. The second-order valence-corrected chi connectivity index (χ2v) is 5.15. The predicted molar refractivity (Wildman–Crippen MR) is 62.6 cm³/mol. The van der Waals surface area contributed by atoms with Crippen molar-refractivity contribution in [3.8, 4) is 0 Å². The first-order valence-corrected chi connectivity index (χ1v) is 5.92. The molecule has 2 aliphatic rings. The minimum Gasteiger partial charge on any atom is -0.381 e. The van der Waals surface area contributed by atoms with Crippen LogP contribution in [0, 0.1) is 6.92 Å². The molecule has 0 spiro atoms. The van der Waals surface area contributed by atoms with Crippen molar-refractivity contribution in [1.29, 1.82) is 0 Å². The molecule has 1 unspecified atom stereocenters. The van der Waals surface area contributed by atoms with Gasteiger partial charge in [-0.05, 0) is 18.6 Å². The lowest BCUT2D eigenvalue weighted by Crippen LogP contribution is -3.11. The molecule has 0 amide bonds. The fourth-order valence-electron chi connectivity index (χ4n) is 3.04. The third-order valence-corrected chi connectivity index (χ3v) is 3.88. The van der Waals surface area contributed by atoms with Crippen molar-refractivity contribution in [3.05, 3.63) is 29.3 Å². The van der Waals surface area contributed by atoms with Gasteiger partial charge >= 0.3 is 0 Å². The summed E-state index contributed by atoms with van der Waals surface area (Å²) in [6, 6.07) is 7.52. The van der Waals surface area contributed by atoms with Gasteiger partial charge in [0.15, 0.2) is 0 Å². The van der Waals surface area contributed by atoms with Crippen molar-refractivity contribution in [2.75, 3.05) is 25.5 Å². The molecule has 2 aliphatic heterocycles. The van der Waals surface area contributed by atoms with Crippen LogP contribution in [0.1, 0.15) is 23.5 Å². The van der Waals surface area contributed by atoms with E-state index in [9.17, 15) is 0 Å². The van der Waals surface area contributed by atoms with Gasteiger partial charge < -0.3 is 10.2 Å². The Morgan fingerprint density at radius 1 is 1.40 bits per heavy atom. The van der Waals surface area contributed by atoms with Crippen LogP contribution in [0.3, 0.4) is 0 Å². The molecule has 1 fully saturated rings. The van der Waals surface area contributed by atoms with Gasteiger partial charge in [-0.25, -0.2) is 0 Å². The predicted octanol–water partition coefficient (Wildman–Crippen LogP) is 0.791. The smallest absolute Gasteiger partial charge is 0.0859 e. The highest BCUT2D eigenvalue weighted by atomic mass is 15.1. The Morgan fingerprint density at radius 2 is 2.27 bits per heavy atom. The van der Waals surface area contributed by atoms with Crippen molar-refractivity contribution in [2.45, 2.75) is 25.3 Å². The van der Waals surface area contributed by atoms with Gasteiger partial charge in [0.1, 0.15) is 0 Å². The topological polar surface area (TPSA) is 16.5 Å². The lowest BCUT2D eigenvalue weighted by atomic mass is 9.89. The van der Waals surface area contributed by atoms with E-state index in [2.05, 4.69) is 37.5 Å². The molecule has 0 aromatic heterocycles. The Hall–Kier alpha value is -1.02. The first-order chi connectivity index (χ1) is 7.24. The van der Waals surface area contributed by atoms with Gasteiger partial charge in [-0.2, -0.15) is 0 Å². The molecular formula is C13H19N2+. The lowest BCUT2D eigenvalue weighted by molar-refractivity contribution is -0.886. The van der Waals surface area contributed by atoms with E-state index in [4.69, 9.17) is 0 Å². The number of likely N-dealkylation sites (tertiary alicyclic amines) is 1. The first-order valence-electron chi connectivity index (χ1n) is 5.92. The zero-order valence-electron chi connectivity index (χ0n) is 9.51. The van der Waals surface area contributed by atoms with Gasteiger partial charge in [-0.15, -0.1) is 0 Å². The van der Waals surface area contributed by atoms with Crippen molar-refractivity contribution >= 4 is 5.69 Å². The summed E-state index contributed by atoms with van der Waals surface area (Å²) in [5.41, 5.74) is 4.32. The van der Waals surface area contributed by atoms with E-state index in [-0.39, 0.29) is 0 Å². The maximum absolute atomic E-state index is 3.67. The molecule has 3 atom stereocenters. The highest BCUT2D eigenvalue weighted by Crippen LogP contribution is 2.37. The van der Waals surface area contributed by atoms with Crippen LogP contribution in [-0.2, 0) is 0 Å². The Labute approximate surface area is 91.3 Å². The van der Waals surface area contributed by atoms with E-state index in [1.54, 1.807) is 10.5 Å². The fourth-order valence-corrected chi connectivity index (χ4v) is 3.04. The molecule has 2 heterocycles. The number of fused-ring (bicyclic) bond motifs is 3. The number of piperidine rings is 1. The highest BCUT2D eigenvalue weighted by Gasteiger charge is 2.37. The number of aryl methyl sites for hydroxylation is 1. The first kappa shape index (κ1) is 9.22. The van der Waals surface area contributed by atoms with E-state index in [1.165, 1.54) is 30.8 Å². The molecule has 15 heavy (non-hydrogen) atoms. The Kier molecular flexibility index (Phi) is 1.99. The molecule has 2 N–H and O–H groups in total. The number of rotatable bonds is 0. The van der Waals surface area contributed by atoms with E-state index in [0.29, 0.717) is 6.04 Å². The third kappa shape index (κ3) is 1.44. The number of hydrogen-bond acceptors (Lipinski definition) is 1. The molecule has 2 heteroatoms. The molecule has 0 radical (unpaired) electrons.